The molecule has 0 fully saturated rings. The van der Waals surface area contributed by atoms with Crippen LogP contribution >= 0.6 is 11.6 Å². The smallest absolute Gasteiger partial charge is 0.368 e. The summed E-state index contributed by atoms with van der Waals surface area (Å²) >= 11 is 6.02. The van der Waals surface area contributed by atoms with Crippen molar-refractivity contribution in [1.29, 1.82) is 0 Å². The van der Waals surface area contributed by atoms with E-state index in [1.807, 2.05) is 0 Å². The van der Waals surface area contributed by atoms with Crippen LogP contribution in [0.4, 0.5) is 5.69 Å². The lowest BCUT2D eigenvalue weighted by Crippen LogP contribution is -2.42. The molecule has 130 valence electrons. The lowest BCUT2D eigenvalue weighted by Gasteiger charge is -2.21. The SMILES string of the molecule is O=C(c1cccc(Cl)c1)N(CC1=[N+]=NNN1)c1ccc2c(cnn2O)c1. The van der Waals surface area contributed by atoms with E-state index in [9.17, 15) is 10.0 Å². The van der Waals surface area contributed by atoms with E-state index in [0.29, 0.717) is 33.0 Å². The first-order chi connectivity index (χ1) is 12.6. The molecule has 0 saturated heterocycles. The summed E-state index contributed by atoms with van der Waals surface area (Å²) in [4.78, 5) is 19.3. The maximum Gasteiger partial charge on any atom is 0.368 e. The summed E-state index contributed by atoms with van der Waals surface area (Å²) in [5.41, 5.74) is 6.89. The third-order valence-electron chi connectivity index (χ3n) is 3.89. The van der Waals surface area contributed by atoms with Gasteiger partial charge in [-0.3, -0.25) is 9.69 Å². The van der Waals surface area contributed by atoms with Gasteiger partial charge >= 0.3 is 5.84 Å². The van der Waals surface area contributed by atoms with Gasteiger partial charge in [0.2, 0.25) is 0 Å². The van der Waals surface area contributed by atoms with Crippen LogP contribution in [0.5, 0.6) is 0 Å². The zero-order chi connectivity index (χ0) is 18.1. The Balaban J connectivity index is 1.76. The van der Waals surface area contributed by atoms with Crippen LogP contribution in [0.3, 0.4) is 0 Å². The molecule has 1 aromatic heterocycles. The Labute approximate surface area is 152 Å². The van der Waals surface area contributed by atoms with Gasteiger partial charge in [-0.25, -0.2) is 0 Å². The zero-order valence-electron chi connectivity index (χ0n) is 13.3. The maximum absolute atomic E-state index is 13.1. The van der Waals surface area contributed by atoms with Crippen molar-refractivity contribution in [2.75, 3.05) is 11.4 Å². The number of aromatic nitrogens is 2. The minimum Gasteiger partial charge on any atom is -0.411 e. The quantitative estimate of drug-likeness (QED) is 0.478. The predicted molar refractivity (Wildman–Crippen MR) is 94.0 cm³/mol. The fourth-order valence-corrected chi connectivity index (χ4v) is 2.84. The monoisotopic (exact) mass is 370 g/mol. The number of fused-ring (bicyclic) bond motifs is 1. The summed E-state index contributed by atoms with van der Waals surface area (Å²) in [6.07, 6.45) is 1.52. The van der Waals surface area contributed by atoms with Crippen LogP contribution in [0.2, 0.25) is 5.02 Å². The summed E-state index contributed by atoms with van der Waals surface area (Å²) in [5, 5.41) is 18.3. The molecule has 0 atom stereocenters. The van der Waals surface area contributed by atoms with Gasteiger partial charge in [-0.05, 0) is 36.4 Å². The molecule has 0 spiro atoms. The molecule has 26 heavy (non-hydrogen) atoms. The molecule has 3 N–H and O–H groups in total. The lowest BCUT2D eigenvalue weighted by molar-refractivity contribution is -0.0873. The molecule has 0 radical (unpaired) electrons. The molecular formula is C16H13ClN7O2+. The number of anilines is 1. The van der Waals surface area contributed by atoms with Crippen LogP contribution < -0.4 is 15.9 Å². The summed E-state index contributed by atoms with van der Waals surface area (Å²) < 4.78 is 0. The highest BCUT2D eigenvalue weighted by atomic mass is 35.5. The van der Waals surface area contributed by atoms with Gasteiger partial charge in [-0.2, -0.15) is 0 Å². The molecule has 0 unspecified atom stereocenters. The highest BCUT2D eigenvalue weighted by Crippen LogP contribution is 2.24. The van der Waals surface area contributed by atoms with Crippen LogP contribution in [-0.4, -0.2) is 38.2 Å². The number of benzene rings is 2. The van der Waals surface area contributed by atoms with Crippen molar-refractivity contribution in [2.45, 2.75) is 0 Å². The number of hydrogen-bond acceptors (Lipinski definition) is 6. The topological polar surface area (TPSA) is 109 Å². The first-order valence-corrected chi connectivity index (χ1v) is 8.02. The molecule has 2 heterocycles. The van der Waals surface area contributed by atoms with Gasteiger partial charge < -0.3 is 5.21 Å². The molecule has 10 heteroatoms. The molecule has 4 rings (SSSR count). The summed E-state index contributed by atoms with van der Waals surface area (Å²) in [6, 6.07) is 11.9. The fourth-order valence-electron chi connectivity index (χ4n) is 2.65. The van der Waals surface area contributed by atoms with Gasteiger partial charge in [0.25, 0.3) is 5.91 Å². The highest BCUT2D eigenvalue weighted by Gasteiger charge is 2.25. The molecule has 1 aliphatic rings. The maximum atomic E-state index is 13.1. The normalized spacial score (nSPS) is 12.6. The number of carbonyl (C=O) groups is 1. The van der Waals surface area contributed by atoms with Crippen molar-refractivity contribution in [3.63, 3.8) is 0 Å². The Morgan fingerprint density at radius 1 is 1.31 bits per heavy atom. The third kappa shape index (κ3) is 2.92. The van der Waals surface area contributed by atoms with Crippen molar-refractivity contribution >= 4 is 39.9 Å². The zero-order valence-corrected chi connectivity index (χ0v) is 14.1. The number of hydrogen-bond donors (Lipinski definition) is 3. The van der Waals surface area contributed by atoms with E-state index in [1.54, 1.807) is 42.5 Å². The minimum absolute atomic E-state index is 0.167. The first-order valence-electron chi connectivity index (χ1n) is 7.64. The average molecular weight is 371 g/mol. The van der Waals surface area contributed by atoms with E-state index in [0.717, 1.165) is 4.85 Å². The van der Waals surface area contributed by atoms with E-state index in [1.165, 1.54) is 11.1 Å². The number of amidine groups is 1. The lowest BCUT2D eigenvalue weighted by atomic mass is 10.1. The Hall–Kier alpha value is -3.55. The van der Waals surface area contributed by atoms with Crippen LogP contribution in [0.15, 0.2) is 53.9 Å². The van der Waals surface area contributed by atoms with Crippen molar-refractivity contribution in [1.82, 2.24) is 20.9 Å². The van der Waals surface area contributed by atoms with Gasteiger partial charge in [0.15, 0.2) is 5.22 Å². The van der Waals surface area contributed by atoms with Crippen LogP contribution in [0.1, 0.15) is 10.4 Å². The largest absolute Gasteiger partial charge is 0.411 e. The Morgan fingerprint density at radius 3 is 2.96 bits per heavy atom. The van der Waals surface area contributed by atoms with Crippen LogP contribution in [-0.2, 0) is 0 Å². The Bertz CT molecular complexity index is 1070. The number of hydrazine groups is 1. The van der Waals surface area contributed by atoms with Crippen molar-refractivity contribution < 1.29 is 14.8 Å². The van der Waals surface area contributed by atoms with Crippen LogP contribution in [0.25, 0.3) is 10.9 Å². The van der Waals surface area contributed by atoms with Crippen molar-refractivity contribution in [2.24, 2.45) is 5.22 Å². The van der Waals surface area contributed by atoms with E-state index in [2.05, 4.69) is 26.1 Å². The van der Waals surface area contributed by atoms with Crippen molar-refractivity contribution in [3.8, 4) is 0 Å². The van der Waals surface area contributed by atoms with Gasteiger partial charge in [0, 0.05) is 21.7 Å². The predicted octanol–water partition coefficient (Wildman–Crippen LogP) is 1.66. The molecule has 2 aromatic carbocycles. The number of carbonyl (C=O) groups excluding carboxylic acids is 1. The summed E-state index contributed by atoms with van der Waals surface area (Å²) in [5.74, 6) is 0.234. The Morgan fingerprint density at radius 2 is 2.19 bits per heavy atom. The molecule has 9 nitrogen and oxygen atoms in total. The van der Waals surface area contributed by atoms with Gasteiger partial charge in [0.1, 0.15) is 12.1 Å². The number of nitrogens with one attached hydrogen (secondary N) is 2. The van der Waals surface area contributed by atoms with Gasteiger partial charge in [-0.1, -0.05) is 23.2 Å². The van der Waals surface area contributed by atoms with E-state index >= 15 is 0 Å². The number of nitrogens with zero attached hydrogens (tertiary/aromatic N) is 5. The molecular weight excluding hydrogens is 358 g/mol. The number of rotatable bonds is 4. The highest BCUT2D eigenvalue weighted by molar-refractivity contribution is 6.31. The first kappa shape index (κ1) is 15.9. The van der Waals surface area contributed by atoms with E-state index in [4.69, 9.17) is 11.6 Å². The van der Waals surface area contributed by atoms with Gasteiger partial charge in [0.05, 0.1) is 6.20 Å². The standard InChI is InChI=1S/C16H12ClN7O2/c17-12-3-1-2-10(6-12)16(25)23(9-15-19-21-22-20-15)13-4-5-14-11(7-13)8-18-24(14)26/h1-8,26H,9H2,(H,19,20,21,22)/p+1. The summed E-state index contributed by atoms with van der Waals surface area (Å²) in [7, 11) is 0. The van der Waals surface area contributed by atoms with Gasteiger partial charge in [-0.15, -0.1) is 20.2 Å². The van der Waals surface area contributed by atoms with Crippen molar-refractivity contribution in [3.05, 3.63) is 59.2 Å². The molecule has 1 amide bonds. The molecule has 0 bridgehead atoms. The second kappa shape index (κ2) is 6.40. The molecule has 0 saturated carbocycles. The van der Waals surface area contributed by atoms with Crippen LogP contribution in [0, 0.1) is 0 Å². The number of halogens is 1. The number of amides is 1. The average Bonchev–Trinajstić information content (AvgIpc) is 3.29. The Kier molecular flexibility index (Phi) is 3.92. The fraction of sp³-hybridized carbons (Fsp3) is 0.0625. The third-order valence-corrected chi connectivity index (χ3v) is 4.13. The molecule has 0 aliphatic carbocycles. The van der Waals surface area contributed by atoms with E-state index < -0.39 is 0 Å². The molecule has 3 aromatic rings. The second-order valence-electron chi connectivity index (χ2n) is 5.56. The minimum atomic E-state index is -0.250. The summed E-state index contributed by atoms with van der Waals surface area (Å²) in [6.45, 7) is 0.167. The second-order valence-corrected chi connectivity index (χ2v) is 6.00. The van der Waals surface area contributed by atoms with E-state index in [-0.39, 0.29) is 12.5 Å². The molecule has 1 aliphatic heterocycles.